The molecule has 18 heteroatoms. The molecule has 262 valence electrons. The minimum absolute atomic E-state index is 0.0176. The molecular formula is C31H33F2N4O11P. The first-order chi connectivity index (χ1) is 23.3. The van der Waals surface area contributed by atoms with Gasteiger partial charge in [0.05, 0.1) is 36.1 Å². The molecule has 3 heterocycles. The number of piperidine rings is 1. The highest BCUT2D eigenvalue weighted by Gasteiger charge is 2.34. The average molecular weight is 707 g/mol. The fourth-order valence-corrected chi connectivity index (χ4v) is 6.69. The van der Waals surface area contributed by atoms with Crippen LogP contribution < -0.4 is 25.3 Å². The number of carbonyl (C=O) groups is 3. The number of carbonyl (C=O) groups excluding carboxylic acids is 2. The lowest BCUT2D eigenvalue weighted by molar-refractivity contribution is -0.119. The minimum Gasteiger partial charge on any atom is -0.477 e. The van der Waals surface area contributed by atoms with Crippen molar-refractivity contribution in [2.45, 2.75) is 50.9 Å². The van der Waals surface area contributed by atoms with Crippen LogP contribution in [0.3, 0.4) is 0 Å². The molecule has 3 aromatic rings. The monoisotopic (exact) mass is 706 g/mol. The van der Waals surface area contributed by atoms with Crippen LogP contribution in [0.25, 0.3) is 10.9 Å². The largest absolute Gasteiger partial charge is 0.477 e. The van der Waals surface area contributed by atoms with E-state index in [-0.39, 0.29) is 73.5 Å². The number of hydrogen-bond acceptors (Lipinski definition) is 10. The number of phosphoric ester groups is 1. The van der Waals surface area contributed by atoms with E-state index in [9.17, 15) is 38.1 Å². The second-order valence-corrected chi connectivity index (χ2v) is 13.4. The Morgan fingerprint density at radius 3 is 2.47 bits per heavy atom. The van der Waals surface area contributed by atoms with Crippen molar-refractivity contribution >= 4 is 48.1 Å². The number of benzene rings is 2. The summed E-state index contributed by atoms with van der Waals surface area (Å²) in [5, 5.41) is 12.0. The third kappa shape index (κ3) is 7.69. The summed E-state index contributed by atoms with van der Waals surface area (Å²) in [4.78, 5) is 60.8. The smallest absolute Gasteiger partial charge is 0.475 e. The van der Waals surface area contributed by atoms with Gasteiger partial charge in [0.2, 0.25) is 18.1 Å². The molecule has 15 nitrogen and oxygen atoms in total. The second kappa shape index (κ2) is 13.7. The molecule has 49 heavy (non-hydrogen) atoms. The van der Waals surface area contributed by atoms with Crippen LogP contribution in [0.2, 0.25) is 0 Å². The van der Waals surface area contributed by atoms with Gasteiger partial charge in [0, 0.05) is 43.7 Å². The second-order valence-electron chi connectivity index (χ2n) is 12.0. The van der Waals surface area contributed by atoms with E-state index in [1.807, 2.05) is 0 Å². The van der Waals surface area contributed by atoms with E-state index in [2.05, 4.69) is 5.32 Å². The average Bonchev–Trinajstić information content (AvgIpc) is 3.82. The number of anilines is 2. The number of amides is 2. The number of phosphoric acid groups is 1. The van der Waals surface area contributed by atoms with Gasteiger partial charge < -0.3 is 34.3 Å². The molecule has 1 saturated carbocycles. The maximum Gasteiger partial charge on any atom is 0.475 e. The van der Waals surface area contributed by atoms with Gasteiger partial charge in [-0.3, -0.25) is 19.0 Å². The van der Waals surface area contributed by atoms with E-state index in [0.29, 0.717) is 5.52 Å². The Labute approximate surface area is 277 Å². The Kier molecular flexibility index (Phi) is 9.62. The summed E-state index contributed by atoms with van der Waals surface area (Å²) < 4.78 is 64.9. The highest BCUT2D eigenvalue weighted by atomic mass is 31.2. The number of carboxylic acids is 1. The van der Waals surface area contributed by atoms with E-state index in [1.165, 1.54) is 36.2 Å². The Morgan fingerprint density at radius 2 is 1.82 bits per heavy atom. The van der Waals surface area contributed by atoms with E-state index >= 15 is 4.39 Å². The molecule has 3 N–H and O–H groups in total. The van der Waals surface area contributed by atoms with Crippen LogP contribution in [0.1, 0.15) is 49.0 Å². The number of hydrogen-bond donors (Lipinski definition) is 3. The standard InChI is InChI=1S/C31H33F2N4O11P/c1-17(38)34-13-21-14-37(31(42)47-21)19-4-5-28(25(33)10-19)45-16-46-49(43,44)48-20-6-8-35(9-7-20)27-12-26-22(11-24(27)32)29(39)23(30(40)41)15-36(26)18-2-3-18/h4-5,10-12,15,18,20-21H,2-3,6-9,13-14,16H2,1H3,(H,34,38)(H,40,41)(H,43,44)/t21-/m0/s1. The third-order valence-corrected chi connectivity index (χ3v) is 9.44. The van der Waals surface area contributed by atoms with Crippen molar-refractivity contribution < 1.29 is 56.3 Å². The maximum absolute atomic E-state index is 15.3. The third-order valence-electron chi connectivity index (χ3n) is 8.45. The van der Waals surface area contributed by atoms with E-state index in [0.717, 1.165) is 25.0 Å². The van der Waals surface area contributed by atoms with Crippen molar-refractivity contribution in [1.82, 2.24) is 9.88 Å². The van der Waals surface area contributed by atoms with Gasteiger partial charge in [-0.05, 0) is 49.9 Å². The molecule has 1 aromatic heterocycles. The number of pyridine rings is 1. The molecule has 2 aliphatic heterocycles. The summed E-state index contributed by atoms with van der Waals surface area (Å²) in [5.41, 5.74) is -0.370. The number of halogens is 2. The number of rotatable bonds is 12. The van der Waals surface area contributed by atoms with E-state index < -0.39 is 61.5 Å². The number of cyclic esters (lactones) is 1. The van der Waals surface area contributed by atoms with Crippen molar-refractivity contribution in [3.8, 4) is 5.75 Å². The predicted octanol–water partition coefficient (Wildman–Crippen LogP) is 3.91. The lowest BCUT2D eigenvalue weighted by Gasteiger charge is -2.34. The zero-order valence-electron chi connectivity index (χ0n) is 26.2. The number of nitrogens with one attached hydrogen (secondary N) is 1. The Hall–Kier alpha value is -4.57. The molecule has 0 bridgehead atoms. The lowest BCUT2D eigenvalue weighted by Crippen LogP contribution is -2.37. The molecule has 2 amide bonds. The fourth-order valence-electron chi connectivity index (χ4n) is 5.86. The van der Waals surface area contributed by atoms with Gasteiger partial charge in [-0.1, -0.05) is 0 Å². The van der Waals surface area contributed by atoms with Crippen LogP contribution in [0.4, 0.5) is 25.0 Å². The van der Waals surface area contributed by atoms with Gasteiger partial charge in [-0.25, -0.2) is 27.5 Å². The molecule has 2 saturated heterocycles. The van der Waals surface area contributed by atoms with Crippen LogP contribution in [0, 0.1) is 11.6 Å². The fraction of sp³-hybridized carbons (Fsp3) is 0.419. The van der Waals surface area contributed by atoms with Crippen molar-refractivity contribution in [1.29, 1.82) is 0 Å². The summed E-state index contributed by atoms with van der Waals surface area (Å²) in [6.07, 6.45) is 1.30. The lowest BCUT2D eigenvalue weighted by atomic mass is 10.1. The topological polar surface area (TPSA) is 186 Å². The van der Waals surface area contributed by atoms with Crippen molar-refractivity contribution in [2.24, 2.45) is 0 Å². The number of carboxylic acid groups (broad SMARTS) is 1. The first-order valence-corrected chi connectivity index (χ1v) is 17.0. The van der Waals surface area contributed by atoms with Gasteiger partial charge in [-0.15, -0.1) is 0 Å². The van der Waals surface area contributed by atoms with Crippen LogP contribution in [0.5, 0.6) is 5.75 Å². The number of ether oxygens (including phenoxy) is 2. The van der Waals surface area contributed by atoms with Gasteiger partial charge in [0.1, 0.15) is 17.5 Å². The normalized spacial score (nSPS) is 19.5. The van der Waals surface area contributed by atoms with Crippen LogP contribution >= 0.6 is 7.82 Å². The Balaban J connectivity index is 1.02. The molecular weight excluding hydrogens is 673 g/mol. The van der Waals surface area contributed by atoms with Gasteiger partial charge >= 0.3 is 19.9 Å². The molecule has 3 aliphatic rings. The molecule has 0 spiro atoms. The van der Waals surface area contributed by atoms with Crippen molar-refractivity contribution in [2.75, 3.05) is 42.8 Å². The van der Waals surface area contributed by atoms with Crippen LogP contribution in [-0.4, -0.2) is 77.7 Å². The molecule has 1 aliphatic carbocycles. The molecule has 1 unspecified atom stereocenters. The van der Waals surface area contributed by atoms with E-state index in [4.69, 9.17) is 18.5 Å². The molecule has 0 radical (unpaired) electrons. The van der Waals surface area contributed by atoms with Gasteiger partial charge in [0.15, 0.2) is 11.6 Å². The first kappa shape index (κ1) is 34.3. The summed E-state index contributed by atoms with van der Waals surface area (Å²) in [6.45, 7) is 1.16. The summed E-state index contributed by atoms with van der Waals surface area (Å²) in [6, 6.07) is 6.23. The minimum atomic E-state index is -4.66. The number of aromatic nitrogens is 1. The molecule has 6 rings (SSSR count). The Bertz CT molecular complexity index is 1910. The summed E-state index contributed by atoms with van der Waals surface area (Å²) in [5.74, 6) is -3.56. The number of nitrogens with zero attached hydrogens (tertiary/aromatic N) is 3. The van der Waals surface area contributed by atoms with E-state index in [1.54, 1.807) is 9.47 Å². The quantitative estimate of drug-likeness (QED) is 0.182. The molecule has 2 atom stereocenters. The molecule has 2 aromatic carbocycles. The predicted molar refractivity (Wildman–Crippen MR) is 169 cm³/mol. The number of aromatic carboxylic acids is 1. The first-order valence-electron chi connectivity index (χ1n) is 15.5. The SMILES string of the molecule is CC(=O)NC[C@H]1CN(c2ccc(OCOP(=O)(O)OC3CCN(c4cc5c(cc4F)c(=O)c(C(=O)O)cn5C4CC4)CC3)c(F)c2)C(=O)O1. The summed E-state index contributed by atoms with van der Waals surface area (Å²) >= 11 is 0. The zero-order chi connectivity index (χ0) is 35.0. The summed E-state index contributed by atoms with van der Waals surface area (Å²) in [7, 11) is -4.66. The van der Waals surface area contributed by atoms with Gasteiger partial charge in [-0.2, -0.15) is 0 Å². The van der Waals surface area contributed by atoms with Crippen molar-refractivity contribution in [3.05, 3.63) is 63.9 Å². The number of fused-ring (bicyclic) bond motifs is 1. The highest BCUT2D eigenvalue weighted by Crippen LogP contribution is 2.46. The van der Waals surface area contributed by atoms with Gasteiger partial charge in [0.25, 0.3) is 0 Å². The molecule has 3 fully saturated rings. The maximum atomic E-state index is 15.3. The van der Waals surface area contributed by atoms with Crippen molar-refractivity contribution in [3.63, 3.8) is 0 Å². The highest BCUT2D eigenvalue weighted by molar-refractivity contribution is 7.47. The zero-order valence-corrected chi connectivity index (χ0v) is 27.1. The van der Waals surface area contributed by atoms with Crippen LogP contribution in [0.15, 0.2) is 41.3 Å². The van der Waals surface area contributed by atoms with Crippen LogP contribution in [-0.2, 0) is 23.1 Å². The Morgan fingerprint density at radius 1 is 1.08 bits per heavy atom.